The molecule has 1 heterocycles. The summed E-state index contributed by atoms with van der Waals surface area (Å²) in [7, 11) is 0. The van der Waals surface area contributed by atoms with Crippen LogP contribution >= 0.6 is 12.2 Å². The Morgan fingerprint density at radius 2 is 2.07 bits per heavy atom. The largest absolute Gasteiger partial charge is 0.393 e. The highest BCUT2D eigenvalue weighted by Crippen LogP contribution is 2.17. The first-order valence-corrected chi connectivity index (χ1v) is 5.31. The molecule has 0 aromatic heterocycles. The topological polar surface area (TPSA) is 73.3 Å². The van der Waals surface area contributed by atoms with E-state index in [9.17, 15) is 5.11 Å². The van der Waals surface area contributed by atoms with E-state index in [4.69, 9.17) is 23.2 Å². The summed E-state index contributed by atoms with van der Waals surface area (Å²) in [5.74, 6) is 0. The Labute approximate surface area is 95.0 Å². The van der Waals surface area contributed by atoms with E-state index in [2.05, 4.69) is 0 Å². The quantitative estimate of drug-likeness (QED) is 0.407. The van der Waals surface area contributed by atoms with Crippen LogP contribution in [0.25, 0.3) is 0 Å². The Hall–Kier alpha value is -1.12. The third kappa shape index (κ3) is 2.91. The molecule has 1 rings (SSSR count). The molecule has 0 aliphatic carbocycles. The second-order valence-corrected chi connectivity index (χ2v) is 4.09. The van der Waals surface area contributed by atoms with E-state index in [0.29, 0.717) is 5.57 Å². The van der Waals surface area contributed by atoms with Crippen molar-refractivity contribution in [1.82, 2.24) is 4.90 Å². The molecule has 4 nitrogen and oxygen atoms in total. The van der Waals surface area contributed by atoms with Crippen molar-refractivity contribution in [1.29, 1.82) is 5.26 Å². The SMILES string of the molecule is CC(=C(C#N)C(N)=S)N1CCC(O)CC1. The van der Waals surface area contributed by atoms with E-state index in [1.54, 1.807) is 0 Å². The number of allylic oxidation sites excluding steroid dienone is 1. The van der Waals surface area contributed by atoms with E-state index in [1.165, 1.54) is 0 Å². The van der Waals surface area contributed by atoms with Gasteiger partial charge in [0.25, 0.3) is 0 Å². The van der Waals surface area contributed by atoms with Crippen LogP contribution in [0, 0.1) is 11.3 Å². The Morgan fingerprint density at radius 1 is 1.53 bits per heavy atom. The fourth-order valence-corrected chi connectivity index (χ4v) is 1.87. The highest BCUT2D eigenvalue weighted by atomic mass is 32.1. The van der Waals surface area contributed by atoms with Gasteiger partial charge in [-0.1, -0.05) is 12.2 Å². The van der Waals surface area contributed by atoms with Crippen molar-refractivity contribution in [3.8, 4) is 6.07 Å². The monoisotopic (exact) mass is 225 g/mol. The number of aliphatic hydroxyl groups is 1. The summed E-state index contributed by atoms with van der Waals surface area (Å²) in [5, 5.41) is 18.3. The molecule has 1 fully saturated rings. The summed E-state index contributed by atoms with van der Waals surface area (Å²) in [6, 6.07) is 2.02. The van der Waals surface area contributed by atoms with Crippen molar-refractivity contribution >= 4 is 17.2 Å². The van der Waals surface area contributed by atoms with Gasteiger partial charge in [0, 0.05) is 18.8 Å². The number of nitrogens with two attached hydrogens (primary N) is 1. The first-order valence-electron chi connectivity index (χ1n) is 4.90. The summed E-state index contributed by atoms with van der Waals surface area (Å²) < 4.78 is 0. The molecule has 0 amide bonds. The summed E-state index contributed by atoms with van der Waals surface area (Å²) in [6.07, 6.45) is 1.24. The average Bonchev–Trinajstić information content (AvgIpc) is 2.19. The van der Waals surface area contributed by atoms with Crippen LogP contribution in [0.1, 0.15) is 19.8 Å². The first-order chi connectivity index (χ1) is 7.06. The molecule has 0 spiro atoms. The second-order valence-electron chi connectivity index (χ2n) is 3.65. The number of nitrogens with zero attached hydrogens (tertiary/aromatic N) is 2. The van der Waals surface area contributed by atoms with Crippen LogP contribution in [0.4, 0.5) is 0 Å². The van der Waals surface area contributed by atoms with Gasteiger partial charge in [-0.15, -0.1) is 0 Å². The molecule has 1 aliphatic heterocycles. The van der Waals surface area contributed by atoms with E-state index >= 15 is 0 Å². The Morgan fingerprint density at radius 3 is 2.47 bits per heavy atom. The lowest BCUT2D eigenvalue weighted by molar-refractivity contribution is 0.0970. The van der Waals surface area contributed by atoms with Gasteiger partial charge in [-0.3, -0.25) is 0 Å². The van der Waals surface area contributed by atoms with E-state index in [-0.39, 0.29) is 11.1 Å². The van der Waals surface area contributed by atoms with Gasteiger partial charge in [-0.25, -0.2) is 0 Å². The lowest BCUT2D eigenvalue weighted by Crippen LogP contribution is -2.35. The summed E-state index contributed by atoms with van der Waals surface area (Å²) >= 11 is 4.81. The van der Waals surface area contributed by atoms with Gasteiger partial charge >= 0.3 is 0 Å². The van der Waals surface area contributed by atoms with Crippen LogP contribution in [-0.4, -0.2) is 34.2 Å². The van der Waals surface area contributed by atoms with Crippen molar-refractivity contribution in [2.24, 2.45) is 5.73 Å². The van der Waals surface area contributed by atoms with Gasteiger partial charge in [-0.2, -0.15) is 5.26 Å². The minimum Gasteiger partial charge on any atom is -0.393 e. The van der Waals surface area contributed by atoms with Crippen molar-refractivity contribution in [3.05, 3.63) is 11.3 Å². The number of nitriles is 1. The minimum absolute atomic E-state index is 0.140. The number of likely N-dealkylation sites (tertiary alicyclic amines) is 1. The molecule has 15 heavy (non-hydrogen) atoms. The first kappa shape index (κ1) is 12.0. The lowest BCUT2D eigenvalue weighted by Gasteiger charge is -2.32. The van der Waals surface area contributed by atoms with Gasteiger partial charge in [0.05, 0.1) is 6.10 Å². The number of rotatable bonds is 2. The predicted octanol–water partition coefficient (Wildman–Crippen LogP) is 0.527. The molecule has 1 aliphatic rings. The molecular formula is C10H15N3OS. The zero-order valence-electron chi connectivity index (χ0n) is 8.73. The Kier molecular flexibility index (Phi) is 4.06. The number of hydrogen-bond acceptors (Lipinski definition) is 4. The Bertz CT molecular complexity index is 324. The van der Waals surface area contributed by atoms with Crippen LogP contribution in [0.3, 0.4) is 0 Å². The molecule has 0 aromatic carbocycles. The third-order valence-electron chi connectivity index (χ3n) is 2.66. The summed E-state index contributed by atoms with van der Waals surface area (Å²) in [4.78, 5) is 2.19. The molecule has 82 valence electrons. The second kappa shape index (κ2) is 5.10. The number of thiocarbonyl (C=S) groups is 1. The van der Waals surface area contributed by atoms with Gasteiger partial charge in [0.2, 0.25) is 0 Å². The van der Waals surface area contributed by atoms with Gasteiger partial charge < -0.3 is 15.7 Å². The van der Waals surface area contributed by atoms with Crippen LogP contribution < -0.4 is 5.73 Å². The van der Waals surface area contributed by atoms with E-state index in [0.717, 1.165) is 31.6 Å². The van der Waals surface area contributed by atoms with Crippen LogP contribution in [0.2, 0.25) is 0 Å². The molecule has 1 saturated heterocycles. The molecule has 0 atom stereocenters. The highest BCUT2D eigenvalue weighted by molar-refractivity contribution is 7.80. The summed E-state index contributed by atoms with van der Waals surface area (Å²) in [5.41, 5.74) is 6.65. The number of aliphatic hydroxyl groups excluding tert-OH is 1. The maximum absolute atomic E-state index is 9.36. The number of hydrogen-bond donors (Lipinski definition) is 2. The predicted molar refractivity (Wildman–Crippen MR) is 61.9 cm³/mol. The van der Waals surface area contributed by atoms with Crippen LogP contribution in [0.15, 0.2) is 11.3 Å². The molecule has 3 N–H and O–H groups in total. The van der Waals surface area contributed by atoms with Crippen LogP contribution in [0.5, 0.6) is 0 Å². The van der Waals surface area contributed by atoms with Crippen molar-refractivity contribution in [3.63, 3.8) is 0 Å². The highest BCUT2D eigenvalue weighted by Gasteiger charge is 2.19. The van der Waals surface area contributed by atoms with Gasteiger partial charge in [-0.05, 0) is 19.8 Å². The summed E-state index contributed by atoms with van der Waals surface area (Å²) in [6.45, 7) is 3.34. The van der Waals surface area contributed by atoms with Gasteiger partial charge in [0.1, 0.15) is 16.6 Å². The zero-order chi connectivity index (χ0) is 11.4. The molecule has 0 unspecified atom stereocenters. The maximum atomic E-state index is 9.36. The average molecular weight is 225 g/mol. The number of piperidine rings is 1. The van der Waals surface area contributed by atoms with Crippen molar-refractivity contribution in [2.45, 2.75) is 25.9 Å². The third-order valence-corrected chi connectivity index (χ3v) is 2.86. The van der Waals surface area contributed by atoms with Crippen molar-refractivity contribution in [2.75, 3.05) is 13.1 Å². The van der Waals surface area contributed by atoms with E-state index in [1.807, 2.05) is 17.9 Å². The molecular weight excluding hydrogens is 210 g/mol. The van der Waals surface area contributed by atoms with Crippen molar-refractivity contribution < 1.29 is 5.11 Å². The zero-order valence-corrected chi connectivity index (χ0v) is 9.55. The smallest absolute Gasteiger partial charge is 0.116 e. The molecule has 5 heteroatoms. The van der Waals surface area contributed by atoms with E-state index < -0.39 is 0 Å². The van der Waals surface area contributed by atoms with Gasteiger partial charge in [0.15, 0.2) is 0 Å². The Balaban J connectivity index is 2.79. The maximum Gasteiger partial charge on any atom is 0.116 e. The minimum atomic E-state index is -0.218. The fourth-order valence-electron chi connectivity index (χ4n) is 1.67. The molecule has 0 saturated carbocycles. The lowest BCUT2D eigenvalue weighted by atomic mass is 10.1. The molecule has 0 bridgehead atoms. The normalized spacial score (nSPS) is 19.4. The molecule has 0 radical (unpaired) electrons. The van der Waals surface area contributed by atoms with Crippen LogP contribution in [-0.2, 0) is 0 Å². The standard InChI is InChI=1S/C10H15N3OS/c1-7(9(6-11)10(12)15)13-4-2-8(14)3-5-13/h8,14H,2-5H2,1H3,(H2,12,15). The molecule has 0 aromatic rings. The fraction of sp³-hybridized carbons (Fsp3) is 0.600.